The number of esters is 1. The highest BCUT2D eigenvalue weighted by atomic mass is 16.5. The Morgan fingerprint density at radius 2 is 1.80 bits per heavy atom. The Morgan fingerprint density at radius 3 is 2.40 bits per heavy atom. The number of aromatic nitrogens is 1. The number of carbonyl (C=O) groups is 3. The first-order chi connectivity index (χ1) is 16.7. The molecule has 0 unspecified atom stereocenters. The third kappa shape index (κ3) is 4.68. The Bertz CT molecular complexity index is 1160. The molecule has 0 saturated carbocycles. The van der Waals surface area contributed by atoms with Gasteiger partial charge in [-0.05, 0) is 38.6 Å². The smallest absolute Gasteiger partial charge is 0.354 e. The maximum absolute atomic E-state index is 13.4. The molecule has 2 heterocycles. The summed E-state index contributed by atoms with van der Waals surface area (Å²) in [6, 6.07) is 6.28. The normalized spacial score (nSPS) is 17.3. The number of likely N-dealkylation sites (tertiary alicyclic amines) is 1. The average Bonchev–Trinajstić information content (AvgIpc) is 3.30. The molecule has 0 bridgehead atoms. The first-order valence-corrected chi connectivity index (χ1v) is 11.6. The molecule has 0 spiro atoms. The van der Waals surface area contributed by atoms with Crippen LogP contribution < -0.4 is 4.74 Å². The van der Waals surface area contributed by atoms with E-state index in [1.165, 1.54) is 19.1 Å². The fraction of sp³-hybridized carbons (Fsp3) is 0.423. The van der Waals surface area contributed by atoms with Crippen molar-refractivity contribution in [2.45, 2.75) is 33.7 Å². The van der Waals surface area contributed by atoms with E-state index in [4.69, 9.17) is 9.47 Å². The molecule has 2 aromatic rings. The number of ether oxygens (including phenoxy) is 2. The third-order valence-electron chi connectivity index (χ3n) is 6.59. The summed E-state index contributed by atoms with van der Waals surface area (Å²) in [4.78, 5) is 45.4. The van der Waals surface area contributed by atoms with Crippen molar-refractivity contribution in [3.05, 3.63) is 57.9 Å². The van der Waals surface area contributed by atoms with Gasteiger partial charge in [0.2, 0.25) is 0 Å². The van der Waals surface area contributed by atoms with E-state index in [0.29, 0.717) is 41.2 Å². The summed E-state index contributed by atoms with van der Waals surface area (Å²) in [7, 11) is 2.78. The lowest BCUT2D eigenvalue weighted by Crippen LogP contribution is -2.38. The number of hydrogen-bond donors (Lipinski definition) is 2. The van der Waals surface area contributed by atoms with Crippen molar-refractivity contribution in [3.8, 4) is 5.75 Å². The maximum atomic E-state index is 13.4. The second kappa shape index (κ2) is 10.8. The first kappa shape index (κ1) is 26.0. The number of aliphatic hydroxyl groups is 1. The molecule has 1 saturated heterocycles. The summed E-state index contributed by atoms with van der Waals surface area (Å²) >= 11 is 0. The summed E-state index contributed by atoms with van der Waals surface area (Å²) in [5.74, 6) is -1.90. The Hall–Kier alpha value is -3.59. The van der Waals surface area contributed by atoms with Crippen molar-refractivity contribution in [3.63, 3.8) is 0 Å². The van der Waals surface area contributed by atoms with Crippen molar-refractivity contribution in [2.75, 3.05) is 40.4 Å². The molecule has 3 rings (SSSR count). The molecule has 1 aliphatic heterocycles. The number of Topliss-reactive ketones (excluding diaryl/α,β-unsaturated/α-hetero) is 1. The fourth-order valence-corrected chi connectivity index (χ4v) is 4.66. The monoisotopic (exact) mass is 483 g/mol. The molecule has 1 fully saturated rings. The zero-order valence-corrected chi connectivity index (χ0v) is 21.1. The van der Waals surface area contributed by atoms with Crippen LogP contribution in [0.4, 0.5) is 0 Å². The molecule has 1 aromatic heterocycles. The third-order valence-corrected chi connectivity index (χ3v) is 6.59. The zero-order valence-electron chi connectivity index (χ0n) is 21.1. The van der Waals surface area contributed by atoms with Gasteiger partial charge in [0.05, 0.1) is 25.8 Å². The molecule has 0 aliphatic carbocycles. The predicted octanol–water partition coefficient (Wildman–Crippen LogP) is 3.19. The SMILES string of the molecule is CCN(CC)CCN1C(=O)C(=O)/C(=C(/O)c2c(C)[nH]c(C(=O)OC)c2C)[C@H]1c1ccccc1OC. The van der Waals surface area contributed by atoms with E-state index in [2.05, 4.69) is 9.88 Å². The number of nitrogens with one attached hydrogen (secondary N) is 1. The summed E-state index contributed by atoms with van der Waals surface area (Å²) in [5.41, 5.74) is 1.94. The second-order valence-electron chi connectivity index (χ2n) is 8.38. The molecule has 1 amide bonds. The number of aryl methyl sites for hydroxylation is 1. The lowest BCUT2D eigenvalue weighted by molar-refractivity contribution is -0.140. The van der Waals surface area contributed by atoms with E-state index >= 15 is 0 Å². The average molecular weight is 484 g/mol. The number of aromatic amines is 1. The Balaban J connectivity index is 2.23. The van der Waals surface area contributed by atoms with Crippen LogP contribution in [0, 0.1) is 13.8 Å². The number of amides is 1. The van der Waals surface area contributed by atoms with Gasteiger partial charge in [-0.25, -0.2) is 4.79 Å². The van der Waals surface area contributed by atoms with Crippen LogP contribution >= 0.6 is 0 Å². The number of ketones is 1. The van der Waals surface area contributed by atoms with Gasteiger partial charge < -0.3 is 29.4 Å². The van der Waals surface area contributed by atoms with Gasteiger partial charge in [0.1, 0.15) is 17.2 Å². The molecule has 0 radical (unpaired) electrons. The minimum atomic E-state index is -0.850. The van der Waals surface area contributed by atoms with E-state index in [1.54, 1.807) is 38.1 Å². The number of benzene rings is 1. The lowest BCUT2D eigenvalue weighted by Gasteiger charge is -2.29. The number of para-hydroxylation sites is 1. The van der Waals surface area contributed by atoms with Crippen LogP contribution in [-0.4, -0.2) is 77.9 Å². The molecular weight excluding hydrogens is 450 g/mol. The van der Waals surface area contributed by atoms with E-state index in [9.17, 15) is 19.5 Å². The van der Waals surface area contributed by atoms with Crippen molar-refractivity contribution in [1.82, 2.24) is 14.8 Å². The van der Waals surface area contributed by atoms with Gasteiger partial charge in [-0.2, -0.15) is 0 Å². The molecule has 9 heteroatoms. The number of rotatable bonds is 9. The molecule has 1 atom stereocenters. The molecule has 1 aliphatic rings. The molecule has 188 valence electrons. The summed E-state index contributed by atoms with van der Waals surface area (Å²) in [6.07, 6.45) is 0. The van der Waals surface area contributed by atoms with Crippen molar-refractivity contribution < 1.29 is 29.0 Å². The fourth-order valence-electron chi connectivity index (χ4n) is 4.66. The van der Waals surface area contributed by atoms with Crippen LogP contribution in [0.15, 0.2) is 29.8 Å². The zero-order chi connectivity index (χ0) is 25.9. The Kier molecular flexibility index (Phi) is 8.01. The highest BCUT2D eigenvalue weighted by Gasteiger charge is 2.47. The highest BCUT2D eigenvalue weighted by Crippen LogP contribution is 2.43. The standard InChI is InChI=1S/C26H33N3O6/c1-7-28(8-2)13-14-29-22(17-11-9-10-12-18(17)34-5)20(24(31)25(29)32)23(30)19-15(3)21(26(33)35-6)27-16(19)4/h9-12,22,27,30H,7-8,13-14H2,1-6H3/b23-20+/t22-/m1/s1. The minimum absolute atomic E-state index is 0.0411. The number of hydrogen-bond acceptors (Lipinski definition) is 7. The minimum Gasteiger partial charge on any atom is -0.507 e. The number of methoxy groups -OCH3 is 2. The Morgan fingerprint density at radius 1 is 1.14 bits per heavy atom. The van der Waals surface area contributed by atoms with Crippen LogP contribution in [0.3, 0.4) is 0 Å². The quantitative estimate of drug-likeness (QED) is 0.244. The van der Waals surface area contributed by atoms with Gasteiger partial charge in [0.25, 0.3) is 11.7 Å². The van der Waals surface area contributed by atoms with Crippen LogP contribution in [0.1, 0.15) is 52.8 Å². The number of aliphatic hydroxyl groups excluding tert-OH is 1. The molecule has 9 nitrogen and oxygen atoms in total. The van der Waals surface area contributed by atoms with Crippen LogP contribution in [0.25, 0.3) is 5.76 Å². The van der Waals surface area contributed by atoms with Gasteiger partial charge in [-0.3, -0.25) is 9.59 Å². The van der Waals surface area contributed by atoms with Crippen LogP contribution in [0.2, 0.25) is 0 Å². The van der Waals surface area contributed by atoms with Gasteiger partial charge in [-0.1, -0.05) is 32.0 Å². The Labute approximate surface area is 205 Å². The highest BCUT2D eigenvalue weighted by molar-refractivity contribution is 6.46. The molecule has 1 aromatic carbocycles. The summed E-state index contributed by atoms with van der Waals surface area (Å²) in [5, 5.41) is 11.5. The van der Waals surface area contributed by atoms with E-state index in [0.717, 1.165) is 13.1 Å². The lowest BCUT2D eigenvalue weighted by atomic mass is 9.93. The van der Waals surface area contributed by atoms with E-state index in [-0.39, 0.29) is 17.0 Å². The molecule has 35 heavy (non-hydrogen) atoms. The largest absolute Gasteiger partial charge is 0.507 e. The van der Waals surface area contributed by atoms with Gasteiger partial charge >= 0.3 is 5.97 Å². The van der Waals surface area contributed by atoms with Crippen LogP contribution in [-0.2, 0) is 14.3 Å². The number of carbonyl (C=O) groups excluding carboxylic acids is 3. The molecule has 2 N–H and O–H groups in total. The van der Waals surface area contributed by atoms with Crippen molar-refractivity contribution in [2.24, 2.45) is 0 Å². The first-order valence-electron chi connectivity index (χ1n) is 11.6. The van der Waals surface area contributed by atoms with Gasteiger partial charge in [-0.15, -0.1) is 0 Å². The number of likely N-dealkylation sites (N-methyl/N-ethyl adjacent to an activating group) is 1. The van der Waals surface area contributed by atoms with E-state index < -0.39 is 23.7 Å². The van der Waals surface area contributed by atoms with Crippen molar-refractivity contribution in [1.29, 1.82) is 0 Å². The van der Waals surface area contributed by atoms with Crippen molar-refractivity contribution >= 4 is 23.4 Å². The maximum Gasteiger partial charge on any atom is 0.354 e. The number of H-pyrrole nitrogens is 1. The predicted molar refractivity (Wildman–Crippen MR) is 131 cm³/mol. The van der Waals surface area contributed by atoms with Crippen LogP contribution in [0.5, 0.6) is 5.75 Å². The van der Waals surface area contributed by atoms with Gasteiger partial charge in [0.15, 0.2) is 0 Å². The topological polar surface area (TPSA) is 112 Å². The molecular formula is C26H33N3O6. The summed E-state index contributed by atoms with van der Waals surface area (Å²) in [6.45, 7) is 9.88. The summed E-state index contributed by atoms with van der Waals surface area (Å²) < 4.78 is 10.4. The second-order valence-corrected chi connectivity index (χ2v) is 8.38. The van der Waals surface area contributed by atoms with E-state index in [1.807, 2.05) is 13.8 Å². The van der Waals surface area contributed by atoms with Gasteiger partial charge in [0, 0.05) is 29.9 Å². The number of nitrogens with zero attached hydrogens (tertiary/aromatic N) is 2.